The highest BCUT2D eigenvalue weighted by Crippen LogP contribution is 2.28. The minimum Gasteiger partial charge on any atom is -0.439 e. The van der Waals surface area contributed by atoms with Crippen LogP contribution in [0.15, 0.2) is 42.6 Å². The van der Waals surface area contributed by atoms with E-state index in [1.807, 2.05) is 0 Å². The number of Topliss-reactive ketones (excluding diaryl/α,β-unsaturated/α-hetero) is 1. The molecule has 0 aliphatic carbocycles. The summed E-state index contributed by atoms with van der Waals surface area (Å²) in [5.41, 5.74) is 1.16. The first-order chi connectivity index (χ1) is 13.1. The van der Waals surface area contributed by atoms with Gasteiger partial charge in [0.2, 0.25) is 5.88 Å². The zero-order valence-corrected chi connectivity index (χ0v) is 15.4. The van der Waals surface area contributed by atoms with Gasteiger partial charge >= 0.3 is 0 Å². The first-order valence-electron chi connectivity index (χ1n) is 9.36. The maximum Gasteiger partial charge on any atom is 0.251 e. The Morgan fingerprint density at radius 1 is 1.11 bits per heavy atom. The fraction of sp³-hybridized carbons (Fsp3) is 0.381. The van der Waals surface area contributed by atoms with Crippen molar-refractivity contribution in [3.05, 3.63) is 53.7 Å². The monoisotopic (exact) mass is 365 g/mol. The quantitative estimate of drug-likeness (QED) is 0.825. The number of hydrogen-bond acceptors (Lipinski definition) is 5. The molecule has 1 aromatic heterocycles. The Kier molecular flexibility index (Phi) is 4.90. The van der Waals surface area contributed by atoms with E-state index in [-0.39, 0.29) is 17.7 Å². The summed E-state index contributed by atoms with van der Waals surface area (Å²) < 4.78 is 5.69. The number of pyridine rings is 1. The number of rotatable bonds is 5. The Morgan fingerprint density at radius 3 is 2.48 bits per heavy atom. The van der Waals surface area contributed by atoms with Gasteiger partial charge in [0.25, 0.3) is 5.91 Å². The predicted octanol–water partition coefficient (Wildman–Crippen LogP) is 2.90. The minimum absolute atomic E-state index is 0.0398. The summed E-state index contributed by atoms with van der Waals surface area (Å²) in [4.78, 5) is 30.5. The third-order valence-corrected chi connectivity index (χ3v) is 5.45. The second-order valence-corrected chi connectivity index (χ2v) is 7.28. The number of aromatic nitrogens is 1. The van der Waals surface area contributed by atoms with Crippen molar-refractivity contribution in [2.45, 2.75) is 25.8 Å². The number of ether oxygens (including phenoxy) is 1. The molecule has 0 radical (unpaired) electrons. The summed E-state index contributed by atoms with van der Waals surface area (Å²) in [6.45, 7) is 4.77. The third kappa shape index (κ3) is 4.01. The van der Waals surface area contributed by atoms with E-state index < -0.39 is 0 Å². The molecule has 5 rings (SSSR count). The fourth-order valence-electron chi connectivity index (χ4n) is 3.86. The van der Waals surface area contributed by atoms with E-state index >= 15 is 0 Å². The lowest BCUT2D eigenvalue weighted by Crippen LogP contribution is -2.57. The van der Waals surface area contributed by atoms with Crippen molar-refractivity contribution < 1.29 is 14.3 Å². The second kappa shape index (κ2) is 7.48. The maximum absolute atomic E-state index is 12.6. The molecule has 2 aromatic rings. The molecule has 140 valence electrons. The fourth-order valence-corrected chi connectivity index (χ4v) is 3.86. The molecule has 2 bridgehead atoms. The molecule has 1 atom stereocenters. The summed E-state index contributed by atoms with van der Waals surface area (Å²) in [7, 11) is 0. The highest BCUT2D eigenvalue weighted by atomic mass is 16.5. The Labute approximate surface area is 158 Å². The Balaban J connectivity index is 1.39. The van der Waals surface area contributed by atoms with Gasteiger partial charge in [-0.25, -0.2) is 4.98 Å². The maximum atomic E-state index is 12.6. The number of hydrogen-bond donors (Lipinski definition) is 1. The van der Waals surface area contributed by atoms with Crippen molar-refractivity contribution in [1.29, 1.82) is 0 Å². The summed E-state index contributed by atoms with van der Waals surface area (Å²) >= 11 is 0. The standard InChI is InChI=1S/C21H23N3O3/c1-14(25)17-6-9-22-20(12-17)27-18-4-2-16(3-5-18)21(26)23-19-13-24-10-7-15(19)8-11-24/h2-6,9,12,15,19H,7-8,10-11,13H2,1H3,(H,23,26). The van der Waals surface area contributed by atoms with Gasteiger partial charge in [0, 0.05) is 36.0 Å². The molecule has 3 aliphatic heterocycles. The molecule has 3 fully saturated rings. The second-order valence-electron chi connectivity index (χ2n) is 7.28. The van der Waals surface area contributed by atoms with E-state index in [9.17, 15) is 9.59 Å². The molecule has 0 spiro atoms. The topological polar surface area (TPSA) is 71.5 Å². The van der Waals surface area contributed by atoms with Crippen molar-refractivity contribution in [3.63, 3.8) is 0 Å². The molecule has 1 N–H and O–H groups in total. The van der Waals surface area contributed by atoms with Gasteiger partial charge < -0.3 is 15.0 Å². The van der Waals surface area contributed by atoms with Crippen LogP contribution in [-0.2, 0) is 0 Å². The number of fused-ring (bicyclic) bond motifs is 3. The normalized spacial score (nSPS) is 23.7. The van der Waals surface area contributed by atoms with E-state index in [1.54, 1.807) is 42.6 Å². The van der Waals surface area contributed by atoms with Gasteiger partial charge in [0.15, 0.2) is 5.78 Å². The van der Waals surface area contributed by atoms with Crippen molar-refractivity contribution >= 4 is 11.7 Å². The van der Waals surface area contributed by atoms with Crippen LogP contribution in [0.1, 0.15) is 40.5 Å². The molecule has 1 amide bonds. The molecule has 0 saturated carbocycles. The molecule has 27 heavy (non-hydrogen) atoms. The number of nitrogens with zero attached hydrogens (tertiary/aromatic N) is 2. The van der Waals surface area contributed by atoms with Gasteiger partial charge in [-0.3, -0.25) is 9.59 Å². The van der Waals surface area contributed by atoms with Crippen LogP contribution >= 0.6 is 0 Å². The zero-order valence-electron chi connectivity index (χ0n) is 15.4. The number of nitrogens with one attached hydrogen (secondary N) is 1. The van der Waals surface area contributed by atoms with Crippen LogP contribution in [0.4, 0.5) is 0 Å². The van der Waals surface area contributed by atoms with Crippen LogP contribution in [0.25, 0.3) is 0 Å². The van der Waals surface area contributed by atoms with E-state index in [0.29, 0.717) is 28.7 Å². The molecule has 3 aliphatic rings. The number of ketones is 1. The van der Waals surface area contributed by atoms with Crippen LogP contribution in [0.2, 0.25) is 0 Å². The van der Waals surface area contributed by atoms with Crippen LogP contribution in [-0.4, -0.2) is 47.3 Å². The highest BCUT2D eigenvalue weighted by molar-refractivity contribution is 5.95. The smallest absolute Gasteiger partial charge is 0.251 e. The molecule has 1 unspecified atom stereocenters. The summed E-state index contributed by atoms with van der Waals surface area (Å²) in [5.74, 6) is 1.44. The minimum atomic E-state index is -0.0444. The zero-order chi connectivity index (χ0) is 18.8. The van der Waals surface area contributed by atoms with E-state index in [4.69, 9.17) is 4.74 Å². The molecule has 6 heteroatoms. The van der Waals surface area contributed by atoms with Gasteiger partial charge in [-0.2, -0.15) is 0 Å². The van der Waals surface area contributed by atoms with Gasteiger partial charge in [-0.1, -0.05) is 0 Å². The van der Waals surface area contributed by atoms with Gasteiger partial charge in [0.05, 0.1) is 0 Å². The highest BCUT2D eigenvalue weighted by Gasteiger charge is 2.34. The first kappa shape index (κ1) is 17.7. The van der Waals surface area contributed by atoms with Crippen LogP contribution < -0.4 is 10.1 Å². The molecule has 4 heterocycles. The lowest BCUT2D eigenvalue weighted by Gasteiger charge is -2.44. The first-order valence-corrected chi connectivity index (χ1v) is 9.36. The van der Waals surface area contributed by atoms with Gasteiger partial charge in [-0.15, -0.1) is 0 Å². The predicted molar refractivity (Wildman–Crippen MR) is 101 cm³/mol. The molecule has 6 nitrogen and oxygen atoms in total. The average Bonchev–Trinajstić information content (AvgIpc) is 2.69. The van der Waals surface area contributed by atoms with Crippen molar-refractivity contribution in [1.82, 2.24) is 15.2 Å². The van der Waals surface area contributed by atoms with Crippen molar-refractivity contribution in [2.75, 3.05) is 19.6 Å². The van der Waals surface area contributed by atoms with E-state index in [1.165, 1.54) is 19.8 Å². The summed E-state index contributed by atoms with van der Waals surface area (Å²) in [6.07, 6.45) is 3.88. The van der Waals surface area contributed by atoms with E-state index in [0.717, 1.165) is 19.6 Å². The number of carbonyl (C=O) groups is 2. The molecular formula is C21H23N3O3. The third-order valence-electron chi connectivity index (χ3n) is 5.45. The largest absolute Gasteiger partial charge is 0.439 e. The molecule has 3 saturated heterocycles. The Hall–Kier alpha value is -2.73. The van der Waals surface area contributed by atoms with Gasteiger partial charge in [-0.05, 0) is 69.1 Å². The Bertz CT molecular complexity index is 842. The Morgan fingerprint density at radius 2 is 1.85 bits per heavy atom. The summed E-state index contributed by atoms with van der Waals surface area (Å²) in [5, 5.41) is 3.18. The average molecular weight is 365 g/mol. The number of piperidine rings is 3. The lowest BCUT2D eigenvalue weighted by atomic mass is 9.84. The van der Waals surface area contributed by atoms with Crippen LogP contribution in [0.3, 0.4) is 0 Å². The van der Waals surface area contributed by atoms with Gasteiger partial charge in [0.1, 0.15) is 5.75 Å². The SMILES string of the molecule is CC(=O)c1ccnc(Oc2ccc(C(=O)NC3CN4CCC3CC4)cc2)c1. The van der Waals surface area contributed by atoms with E-state index in [2.05, 4.69) is 15.2 Å². The van der Waals surface area contributed by atoms with Crippen molar-refractivity contribution in [2.24, 2.45) is 5.92 Å². The number of benzene rings is 1. The lowest BCUT2D eigenvalue weighted by molar-refractivity contribution is 0.0620. The van der Waals surface area contributed by atoms with Crippen LogP contribution in [0, 0.1) is 5.92 Å². The molecular weight excluding hydrogens is 342 g/mol. The number of carbonyl (C=O) groups excluding carboxylic acids is 2. The van der Waals surface area contributed by atoms with Crippen LogP contribution in [0.5, 0.6) is 11.6 Å². The summed E-state index contributed by atoms with van der Waals surface area (Å²) in [6, 6.07) is 10.5. The van der Waals surface area contributed by atoms with Crippen molar-refractivity contribution in [3.8, 4) is 11.6 Å². The number of amides is 1. The molecule has 1 aromatic carbocycles.